The summed E-state index contributed by atoms with van der Waals surface area (Å²) in [5.74, 6) is -4.32. The molecule has 0 rings (SSSR count). The smallest absolute Gasteiger partial charge is 0.326 e. The zero-order valence-electron chi connectivity index (χ0n) is 17.4. The second kappa shape index (κ2) is 12.7. The third kappa shape index (κ3) is 9.88. The minimum atomic E-state index is -1.22. The summed E-state index contributed by atoms with van der Waals surface area (Å²) in [5.41, 5.74) is 10.9. The van der Waals surface area contributed by atoms with Gasteiger partial charge in [0.2, 0.25) is 23.6 Å². The molecule has 11 heteroatoms. The summed E-state index contributed by atoms with van der Waals surface area (Å²) in [4.78, 5) is 58.9. The number of rotatable bonds is 13. The van der Waals surface area contributed by atoms with Crippen molar-refractivity contribution in [2.24, 2.45) is 23.3 Å². The van der Waals surface area contributed by atoms with Gasteiger partial charge in [0, 0.05) is 6.42 Å². The third-order valence-electron chi connectivity index (χ3n) is 4.54. The maximum atomic E-state index is 12.4. The van der Waals surface area contributed by atoms with Crippen LogP contribution in [0, 0.1) is 11.8 Å². The molecule has 0 aromatic heterocycles. The van der Waals surface area contributed by atoms with Crippen LogP contribution in [0.5, 0.6) is 0 Å². The fourth-order valence-corrected chi connectivity index (χ4v) is 2.37. The summed E-state index contributed by atoms with van der Waals surface area (Å²) >= 11 is 0. The zero-order valence-corrected chi connectivity index (χ0v) is 17.4. The Bertz CT molecular complexity index is 610. The molecule has 0 aliphatic rings. The predicted molar refractivity (Wildman–Crippen MR) is 105 cm³/mol. The van der Waals surface area contributed by atoms with Crippen molar-refractivity contribution in [3.05, 3.63) is 0 Å². The van der Waals surface area contributed by atoms with E-state index in [0.29, 0.717) is 6.42 Å². The van der Waals surface area contributed by atoms with Crippen molar-refractivity contribution in [3.8, 4) is 0 Å². The van der Waals surface area contributed by atoms with E-state index in [1.807, 2.05) is 13.8 Å². The van der Waals surface area contributed by atoms with Crippen molar-refractivity contribution >= 4 is 29.6 Å². The molecule has 4 amide bonds. The first-order valence-corrected chi connectivity index (χ1v) is 9.54. The summed E-state index contributed by atoms with van der Waals surface area (Å²) in [6.07, 6.45) is 0.386. The molecule has 0 radical (unpaired) electrons. The van der Waals surface area contributed by atoms with E-state index in [2.05, 4.69) is 16.0 Å². The Morgan fingerprint density at radius 3 is 2.03 bits per heavy atom. The van der Waals surface area contributed by atoms with E-state index in [0.717, 1.165) is 0 Å². The quantitative estimate of drug-likeness (QED) is 0.209. The minimum Gasteiger partial charge on any atom is -0.480 e. The largest absolute Gasteiger partial charge is 0.480 e. The van der Waals surface area contributed by atoms with Gasteiger partial charge in [0.15, 0.2) is 0 Å². The molecule has 0 aromatic rings. The summed E-state index contributed by atoms with van der Waals surface area (Å²) in [6, 6.07) is -3.12. The van der Waals surface area contributed by atoms with Crippen LogP contribution in [0.15, 0.2) is 0 Å². The van der Waals surface area contributed by atoms with Crippen LogP contribution < -0.4 is 27.4 Å². The first-order valence-electron chi connectivity index (χ1n) is 9.54. The lowest BCUT2D eigenvalue weighted by Gasteiger charge is -2.23. The molecule has 0 saturated carbocycles. The Labute approximate surface area is 170 Å². The molecule has 0 aliphatic heterocycles. The number of amides is 4. The van der Waals surface area contributed by atoms with Crippen LogP contribution in [0.1, 0.15) is 47.0 Å². The molecule has 0 heterocycles. The van der Waals surface area contributed by atoms with E-state index >= 15 is 0 Å². The molecule has 0 bridgehead atoms. The molecule has 11 nitrogen and oxygen atoms in total. The van der Waals surface area contributed by atoms with Crippen molar-refractivity contribution in [2.75, 3.05) is 6.54 Å². The van der Waals surface area contributed by atoms with Crippen molar-refractivity contribution in [1.29, 1.82) is 0 Å². The fraction of sp³-hybridized carbons (Fsp3) is 0.722. The van der Waals surface area contributed by atoms with Crippen molar-refractivity contribution < 1.29 is 29.1 Å². The molecule has 166 valence electrons. The first kappa shape index (κ1) is 26.3. The summed E-state index contributed by atoms with van der Waals surface area (Å²) in [6.45, 7) is 6.50. The Kier molecular flexibility index (Phi) is 11.5. The predicted octanol–water partition coefficient (Wildman–Crippen LogP) is -1.55. The van der Waals surface area contributed by atoms with E-state index in [9.17, 15) is 29.1 Å². The van der Waals surface area contributed by atoms with Gasteiger partial charge in [-0.15, -0.1) is 0 Å². The molecule has 0 saturated heterocycles. The highest BCUT2D eigenvalue weighted by molar-refractivity contribution is 5.92. The van der Waals surface area contributed by atoms with Gasteiger partial charge in [0.1, 0.15) is 12.1 Å². The number of aliphatic carboxylic acids is 1. The molecule has 0 aliphatic carbocycles. The lowest BCUT2D eigenvalue weighted by Crippen LogP contribution is -2.55. The average Bonchev–Trinajstić information content (AvgIpc) is 2.64. The van der Waals surface area contributed by atoms with E-state index < -0.39 is 60.2 Å². The standard InChI is InChI=1S/C18H33N5O6/c1-5-10(4)14(20)17(27)21-8-13(25)22-11(6-7-12(19)24)16(26)23-15(9(2)3)18(28)29/h9-11,14-15H,5-8,20H2,1-4H3,(H2,19,24)(H,21,27)(H,22,25)(H,23,26)(H,28,29). The van der Waals surface area contributed by atoms with Gasteiger partial charge in [-0.3, -0.25) is 19.2 Å². The van der Waals surface area contributed by atoms with Crippen molar-refractivity contribution in [1.82, 2.24) is 16.0 Å². The highest BCUT2D eigenvalue weighted by Crippen LogP contribution is 2.06. The number of hydrogen-bond donors (Lipinski definition) is 6. The van der Waals surface area contributed by atoms with E-state index in [-0.39, 0.29) is 18.8 Å². The molecular formula is C18H33N5O6. The number of hydrogen-bond acceptors (Lipinski definition) is 6. The van der Waals surface area contributed by atoms with Crippen molar-refractivity contribution in [3.63, 3.8) is 0 Å². The second-order valence-corrected chi connectivity index (χ2v) is 7.32. The van der Waals surface area contributed by atoms with Gasteiger partial charge in [-0.25, -0.2) is 4.79 Å². The van der Waals surface area contributed by atoms with Gasteiger partial charge < -0.3 is 32.5 Å². The van der Waals surface area contributed by atoms with Crippen LogP contribution in [-0.4, -0.2) is 59.4 Å². The van der Waals surface area contributed by atoms with Crippen LogP contribution in [0.4, 0.5) is 0 Å². The van der Waals surface area contributed by atoms with Crippen molar-refractivity contribution in [2.45, 2.75) is 65.1 Å². The number of carboxylic acid groups (broad SMARTS) is 1. The van der Waals surface area contributed by atoms with Crippen LogP contribution >= 0.6 is 0 Å². The van der Waals surface area contributed by atoms with E-state index in [1.54, 1.807) is 13.8 Å². The molecule has 4 unspecified atom stereocenters. The molecule has 8 N–H and O–H groups in total. The number of primary amides is 1. The van der Waals surface area contributed by atoms with Crippen LogP contribution in [0.2, 0.25) is 0 Å². The highest BCUT2D eigenvalue weighted by Gasteiger charge is 2.29. The first-order chi connectivity index (χ1) is 13.4. The van der Waals surface area contributed by atoms with Crippen LogP contribution in [0.25, 0.3) is 0 Å². The molecule has 0 spiro atoms. The second-order valence-electron chi connectivity index (χ2n) is 7.32. The monoisotopic (exact) mass is 415 g/mol. The maximum absolute atomic E-state index is 12.4. The third-order valence-corrected chi connectivity index (χ3v) is 4.54. The lowest BCUT2D eigenvalue weighted by atomic mass is 9.99. The fourth-order valence-electron chi connectivity index (χ4n) is 2.37. The Morgan fingerprint density at radius 2 is 1.59 bits per heavy atom. The summed E-state index contributed by atoms with van der Waals surface area (Å²) in [7, 11) is 0. The van der Waals surface area contributed by atoms with Gasteiger partial charge in [0.05, 0.1) is 12.6 Å². The highest BCUT2D eigenvalue weighted by atomic mass is 16.4. The molecule has 4 atom stereocenters. The summed E-state index contributed by atoms with van der Waals surface area (Å²) in [5, 5.41) is 16.3. The zero-order chi connectivity index (χ0) is 22.7. The van der Waals surface area contributed by atoms with Gasteiger partial charge in [-0.05, 0) is 18.3 Å². The Balaban J connectivity index is 4.98. The lowest BCUT2D eigenvalue weighted by molar-refractivity contribution is -0.143. The van der Waals surface area contributed by atoms with Gasteiger partial charge >= 0.3 is 5.97 Å². The molecule has 0 fully saturated rings. The number of nitrogens with two attached hydrogens (primary N) is 2. The van der Waals surface area contributed by atoms with Crippen LogP contribution in [-0.2, 0) is 24.0 Å². The minimum absolute atomic E-state index is 0.0730. The normalized spacial score (nSPS) is 15.0. The van der Waals surface area contributed by atoms with Gasteiger partial charge in [0.25, 0.3) is 0 Å². The van der Waals surface area contributed by atoms with E-state index in [1.165, 1.54) is 0 Å². The van der Waals surface area contributed by atoms with Gasteiger partial charge in [-0.2, -0.15) is 0 Å². The Hall–Kier alpha value is -2.69. The van der Waals surface area contributed by atoms with E-state index in [4.69, 9.17) is 11.5 Å². The molecule has 29 heavy (non-hydrogen) atoms. The number of carboxylic acids is 1. The molecule has 0 aromatic carbocycles. The molecular weight excluding hydrogens is 382 g/mol. The topological polar surface area (TPSA) is 194 Å². The SMILES string of the molecule is CCC(C)C(N)C(=O)NCC(=O)NC(CCC(N)=O)C(=O)NC(C(=O)O)C(C)C. The number of nitrogens with one attached hydrogen (secondary N) is 3. The maximum Gasteiger partial charge on any atom is 0.326 e. The van der Waals surface area contributed by atoms with Crippen LogP contribution in [0.3, 0.4) is 0 Å². The van der Waals surface area contributed by atoms with Gasteiger partial charge in [-0.1, -0.05) is 34.1 Å². The Morgan fingerprint density at radius 1 is 1.00 bits per heavy atom. The summed E-state index contributed by atoms with van der Waals surface area (Å²) < 4.78 is 0. The number of carbonyl (C=O) groups is 5. The number of carbonyl (C=O) groups excluding carboxylic acids is 4. The average molecular weight is 415 g/mol.